The number of nitrogens with zero attached hydrogens (tertiary/aromatic N) is 6. The first-order valence-corrected chi connectivity index (χ1v) is 10.6. The van der Waals surface area contributed by atoms with Gasteiger partial charge in [-0.25, -0.2) is 9.97 Å². The first-order chi connectivity index (χ1) is 13.8. The van der Waals surface area contributed by atoms with Crippen LogP contribution < -0.4 is 10.2 Å². The van der Waals surface area contributed by atoms with Crippen LogP contribution in [0.5, 0.6) is 0 Å². The summed E-state index contributed by atoms with van der Waals surface area (Å²) in [4.78, 5) is 20.6. The van der Waals surface area contributed by atoms with Crippen LogP contribution in [-0.2, 0) is 4.74 Å². The molecule has 0 aromatic carbocycles. The number of anilines is 1. The van der Waals surface area contributed by atoms with E-state index in [0.29, 0.717) is 5.92 Å². The molecule has 1 N–H and O–H groups in total. The van der Waals surface area contributed by atoms with Crippen molar-refractivity contribution in [1.82, 2.24) is 25.1 Å². The lowest BCUT2D eigenvalue weighted by Crippen LogP contribution is -2.47. The van der Waals surface area contributed by atoms with Gasteiger partial charge in [0.05, 0.1) is 6.61 Å². The minimum Gasteiger partial charge on any atom is -0.381 e. The third-order valence-corrected chi connectivity index (χ3v) is 5.35. The van der Waals surface area contributed by atoms with Crippen molar-refractivity contribution in [2.75, 3.05) is 77.5 Å². The zero-order valence-electron chi connectivity index (χ0n) is 17.8. The number of ether oxygens (including phenoxy) is 1. The maximum atomic E-state index is 5.50. The summed E-state index contributed by atoms with van der Waals surface area (Å²) in [7, 11) is 2.13. The van der Waals surface area contributed by atoms with Crippen molar-refractivity contribution in [2.45, 2.75) is 19.8 Å². The summed E-state index contributed by atoms with van der Waals surface area (Å²) in [5.41, 5.74) is 0. The third kappa shape index (κ3) is 7.86. The molecule has 9 heteroatoms. The van der Waals surface area contributed by atoms with E-state index in [2.05, 4.69) is 44.0 Å². The van der Waals surface area contributed by atoms with Gasteiger partial charge in [-0.15, -0.1) is 24.0 Å². The molecule has 3 heterocycles. The highest BCUT2D eigenvalue weighted by molar-refractivity contribution is 14.0. The number of rotatable bonds is 8. The van der Waals surface area contributed by atoms with Gasteiger partial charge in [0, 0.05) is 84.3 Å². The summed E-state index contributed by atoms with van der Waals surface area (Å²) in [6.45, 7) is 11.8. The van der Waals surface area contributed by atoms with Crippen LogP contribution in [0, 0.1) is 5.92 Å². The highest BCUT2D eigenvalue weighted by atomic mass is 127. The van der Waals surface area contributed by atoms with Crippen molar-refractivity contribution in [3.8, 4) is 0 Å². The van der Waals surface area contributed by atoms with Crippen molar-refractivity contribution in [3.05, 3.63) is 18.5 Å². The van der Waals surface area contributed by atoms with Crippen molar-refractivity contribution >= 4 is 35.9 Å². The molecule has 2 aliphatic rings. The SMILES string of the molecule is CCNC(=NCCCN1CCN(c2ncccn2)CC1)N(C)CC1CCOC1.I. The number of piperazine rings is 1. The average molecular weight is 517 g/mol. The van der Waals surface area contributed by atoms with Crippen LogP contribution in [0.15, 0.2) is 23.5 Å². The largest absolute Gasteiger partial charge is 0.381 e. The van der Waals surface area contributed by atoms with E-state index in [-0.39, 0.29) is 24.0 Å². The predicted octanol–water partition coefficient (Wildman–Crippen LogP) is 1.54. The molecule has 0 amide bonds. The first kappa shape index (κ1) is 24.1. The van der Waals surface area contributed by atoms with E-state index < -0.39 is 0 Å². The van der Waals surface area contributed by atoms with E-state index in [1.54, 1.807) is 0 Å². The molecule has 1 atom stereocenters. The van der Waals surface area contributed by atoms with Gasteiger partial charge < -0.3 is 19.9 Å². The summed E-state index contributed by atoms with van der Waals surface area (Å²) in [6, 6.07) is 1.86. The predicted molar refractivity (Wildman–Crippen MR) is 128 cm³/mol. The molecule has 0 bridgehead atoms. The molecule has 1 unspecified atom stereocenters. The lowest BCUT2D eigenvalue weighted by Gasteiger charge is -2.34. The van der Waals surface area contributed by atoms with Crippen molar-refractivity contribution in [2.24, 2.45) is 10.9 Å². The van der Waals surface area contributed by atoms with E-state index >= 15 is 0 Å². The standard InChI is InChI=1S/C20H35N7O.HI/c1-3-21-19(25(2)16-18-6-15-28-17-18)22-9-5-10-26-11-13-27(14-12-26)20-23-7-4-8-24-20;/h4,7-8,18H,3,5-6,9-17H2,1-2H3,(H,21,22);1H. The maximum absolute atomic E-state index is 5.50. The number of guanidine groups is 1. The number of hydrogen-bond acceptors (Lipinski definition) is 6. The third-order valence-electron chi connectivity index (χ3n) is 5.35. The Kier molecular flexibility index (Phi) is 10.9. The second-order valence-corrected chi connectivity index (χ2v) is 7.58. The Hall–Kier alpha value is -1.20. The van der Waals surface area contributed by atoms with Crippen LogP contribution in [0.1, 0.15) is 19.8 Å². The minimum absolute atomic E-state index is 0. The first-order valence-electron chi connectivity index (χ1n) is 10.6. The van der Waals surface area contributed by atoms with Crippen molar-refractivity contribution in [1.29, 1.82) is 0 Å². The number of aliphatic imine (C=N–C) groups is 1. The van der Waals surface area contributed by atoms with E-state index in [0.717, 1.165) is 90.3 Å². The van der Waals surface area contributed by atoms with E-state index in [1.807, 2.05) is 18.5 Å². The topological polar surface area (TPSA) is 69.1 Å². The molecule has 8 nitrogen and oxygen atoms in total. The summed E-state index contributed by atoms with van der Waals surface area (Å²) in [5, 5.41) is 3.42. The normalized spacial score (nSPS) is 20.4. The van der Waals surface area contributed by atoms with Crippen LogP contribution >= 0.6 is 24.0 Å². The number of nitrogens with one attached hydrogen (secondary N) is 1. The molecule has 3 rings (SSSR count). The molecule has 2 fully saturated rings. The van der Waals surface area contributed by atoms with Gasteiger partial charge in [0.25, 0.3) is 0 Å². The molecule has 2 saturated heterocycles. The van der Waals surface area contributed by atoms with Crippen molar-refractivity contribution < 1.29 is 4.74 Å². The minimum atomic E-state index is 0. The zero-order chi connectivity index (χ0) is 19.6. The van der Waals surface area contributed by atoms with E-state index in [1.165, 1.54) is 0 Å². The Balaban J connectivity index is 0.00000300. The molecule has 0 saturated carbocycles. The molecule has 29 heavy (non-hydrogen) atoms. The highest BCUT2D eigenvalue weighted by Crippen LogP contribution is 2.13. The number of hydrogen-bond donors (Lipinski definition) is 1. The molecule has 2 aliphatic heterocycles. The lowest BCUT2D eigenvalue weighted by molar-refractivity contribution is 0.181. The quantitative estimate of drug-likeness (QED) is 0.243. The van der Waals surface area contributed by atoms with Gasteiger partial charge in [-0.1, -0.05) is 0 Å². The molecule has 1 aromatic heterocycles. The Morgan fingerprint density at radius 2 is 2.03 bits per heavy atom. The van der Waals surface area contributed by atoms with Gasteiger partial charge in [0.2, 0.25) is 5.95 Å². The Labute approximate surface area is 192 Å². The Bertz CT molecular complexity index is 590. The Morgan fingerprint density at radius 1 is 1.28 bits per heavy atom. The van der Waals surface area contributed by atoms with Gasteiger partial charge in [0.15, 0.2) is 5.96 Å². The van der Waals surface area contributed by atoms with Gasteiger partial charge in [-0.2, -0.15) is 0 Å². The highest BCUT2D eigenvalue weighted by Gasteiger charge is 2.20. The monoisotopic (exact) mass is 517 g/mol. The van der Waals surface area contributed by atoms with Gasteiger partial charge in [-0.05, 0) is 25.8 Å². The number of halogens is 1. The zero-order valence-corrected chi connectivity index (χ0v) is 20.1. The fourth-order valence-electron chi connectivity index (χ4n) is 3.78. The van der Waals surface area contributed by atoms with Gasteiger partial charge >= 0.3 is 0 Å². The smallest absolute Gasteiger partial charge is 0.225 e. The maximum Gasteiger partial charge on any atom is 0.225 e. The van der Waals surface area contributed by atoms with E-state index in [9.17, 15) is 0 Å². The molecule has 1 aromatic rings. The molecule has 0 aliphatic carbocycles. The molecular weight excluding hydrogens is 481 g/mol. The summed E-state index contributed by atoms with van der Waals surface area (Å²) < 4.78 is 5.50. The molecular formula is C20H36IN7O. The summed E-state index contributed by atoms with van der Waals surface area (Å²) in [5.74, 6) is 2.48. The van der Waals surface area contributed by atoms with Crippen LogP contribution in [0.4, 0.5) is 5.95 Å². The number of aromatic nitrogens is 2. The lowest BCUT2D eigenvalue weighted by atomic mass is 10.1. The van der Waals surface area contributed by atoms with Crippen molar-refractivity contribution in [3.63, 3.8) is 0 Å². The summed E-state index contributed by atoms with van der Waals surface area (Å²) in [6.07, 6.45) is 5.86. The van der Waals surface area contributed by atoms with Crippen LogP contribution in [0.25, 0.3) is 0 Å². The molecule has 164 valence electrons. The second kappa shape index (κ2) is 13.2. The van der Waals surface area contributed by atoms with Gasteiger partial charge in [-0.3, -0.25) is 9.89 Å². The molecule has 0 radical (unpaired) electrons. The van der Waals surface area contributed by atoms with Crippen LogP contribution in [0.2, 0.25) is 0 Å². The Morgan fingerprint density at radius 3 is 2.69 bits per heavy atom. The second-order valence-electron chi connectivity index (χ2n) is 7.58. The van der Waals surface area contributed by atoms with Crippen LogP contribution in [0.3, 0.4) is 0 Å². The van der Waals surface area contributed by atoms with Gasteiger partial charge in [0.1, 0.15) is 0 Å². The van der Waals surface area contributed by atoms with Crippen LogP contribution in [-0.4, -0.2) is 98.3 Å². The fraction of sp³-hybridized carbons (Fsp3) is 0.750. The summed E-state index contributed by atoms with van der Waals surface area (Å²) >= 11 is 0. The fourth-order valence-corrected chi connectivity index (χ4v) is 3.78. The molecule has 0 spiro atoms. The van der Waals surface area contributed by atoms with E-state index in [4.69, 9.17) is 9.73 Å². The average Bonchev–Trinajstić information content (AvgIpc) is 3.24.